The first-order valence-corrected chi connectivity index (χ1v) is 11.4. The van der Waals surface area contributed by atoms with Crippen LogP contribution >= 0.6 is 0 Å². The van der Waals surface area contributed by atoms with Crippen molar-refractivity contribution in [2.24, 2.45) is 5.41 Å². The Balaban J connectivity index is 1.28. The van der Waals surface area contributed by atoms with E-state index in [2.05, 4.69) is 20.9 Å². The van der Waals surface area contributed by atoms with Crippen LogP contribution in [0.15, 0.2) is 18.2 Å². The van der Waals surface area contributed by atoms with Gasteiger partial charge < -0.3 is 30.2 Å². The zero-order valence-electron chi connectivity index (χ0n) is 18.6. The van der Waals surface area contributed by atoms with E-state index in [1.54, 1.807) is 7.11 Å². The van der Waals surface area contributed by atoms with Gasteiger partial charge in [0.1, 0.15) is 11.5 Å². The van der Waals surface area contributed by atoms with Crippen LogP contribution in [-0.4, -0.2) is 75.2 Å². The lowest BCUT2D eigenvalue weighted by atomic mass is 9.81. The molecule has 1 aliphatic carbocycles. The highest BCUT2D eigenvalue weighted by molar-refractivity contribution is 5.84. The van der Waals surface area contributed by atoms with E-state index in [1.165, 1.54) is 12.1 Å². The molecule has 8 nitrogen and oxygen atoms in total. The van der Waals surface area contributed by atoms with Gasteiger partial charge in [-0.3, -0.25) is 4.79 Å². The lowest BCUT2D eigenvalue weighted by molar-refractivity contribution is -0.141. The standard InChI is InChI=1S/C22H31F3N4O4/c1-31-16-13-32-9-5-15(16)28-14-11-18-21(12-14,6-10-33-18)20(30)27-8-7-26-19-4-2-3-17(29-19)22(23,24)25/h2-4,14-16,18,28H,5-13H2,1H3,(H,26,29)(H,27,30)/t14-,15+,16-,18-,21-/m1/s1. The second-order valence-electron chi connectivity index (χ2n) is 8.90. The van der Waals surface area contributed by atoms with Gasteiger partial charge in [0.2, 0.25) is 5.91 Å². The number of nitrogens with one attached hydrogen (secondary N) is 3. The van der Waals surface area contributed by atoms with E-state index in [4.69, 9.17) is 14.2 Å². The number of amides is 1. The minimum absolute atomic E-state index is 0.0135. The van der Waals surface area contributed by atoms with Gasteiger partial charge in [-0.25, -0.2) is 4.98 Å². The molecule has 4 rings (SSSR count). The molecule has 3 heterocycles. The van der Waals surface area contributed by atoms with Crippen molar-refractivity contribution < 1.29 is 32.2 Å². The predicted molar refractivity (Wildman–Crippen MR) is 114 cm³/mol. The number of hydrogen-bond donors (Lipinski definition) is 3. The number of fused-ring (bicyclic) bond motifs is 1. The fourth-order valence-corrected chi connectivity index (χ4v) is 5.16. The van der Waals surface area contributed by atoms with Gasteiger partial charge in [0, 0.05) is 45.5 Å². The molecule has 3 fully saturated rings. The van der Waals surface area contributed by atoms with Gasteiger partial charge in [-0.1, -0.05) is 6.07 Å². The number of alkyl halides is 3. The summed E-state index contributed by atoms with van der Waals surface area (Å²) in [7, 11) is 1.68. The molecule has 1 saturated carbocycles. The number of anilines is 1. The van der Waals surface area contributed by atoms with Crippen LogP contribution in [0.5, 0.6) is 0 Å². The molecule has 1 aromatic heterocycles. The number of aromatic nitrogens is 1. The van der Waals surface area contributed by atoms with E-state index in [0.29, 0.717) is 32.7 Å². The maximum Gasteiger partial charge on any atom is 0.433 e. The largest absolute Gasteiger partial charge is 0.433 e. The molecule has 1 aromatic rings. The molecule has 1 amide bonds. The minimum atomic E-state index is -4.50. The molecule has 5 atom stereocenters. The predicted octanol–water partition coefficient (Wildman–Crippen LogP) is 1.96. The molecule has 11 heteroatoms. The maximum absolute atomic E-state index is 13.1. The third-order valence-corrected chi connectivity index (χ3v) is 6.86. The summed E-state index contributed by atoms with van der Waals surface area (Å²) in [6, 6.07) is 4.01. The topological polar surface area (TPSA) is 93.7 Å². The molecule has 0 bridgehead atoms. The first-order valence-electron chi connectivity index (χ1n) is 11.4. The summed E-state index contributed by atoms with van der Waals surface area (Å²) in [5.41, 5.74) is -1.54. The Bertz CT molecular complexity index is 827. The number of nitrogens with zero attached hydrogens (tertiary/aromatic N) is 1. The van der Waals surface area contributed by atoms with Crippen LogP contribution < -0.4 is 16.0 Å². The zero-order chi connectivity index (χ0) is 23.5. The molecule has 33 heavy (non-hydrogen) atoms. The molecule has 2 aliphatic heterocycles. The Labute approximate surface area is 190 Å². The van der Waals surface area contributed by atoms with E-state index in [9.17, 15) is 18.0 Å². The number of halogens is 3. The number of ether oxygens (including phenoxy) is 3. The SMILES string of the molecule is CO[C@@H]1COCC[C@@H]1N[C@@H]1C[C@H]2OCC[C@@]2(C(=O)NCCNc2cccc(C(F)(F)F)n2)C1. The summed E-state index contributed by atoms with van der Waals surface area (Å²) >= 11 is 0. The molecule has 2 saturated heterocycles. The van der Waals surface area contributed by atoms with Crippen LogP contribution in [0, 0.1) is 5.41 Å². The van der Waals surface area contributed by atoms with Gasteiger partial charge in [-0.15, -0.1) is 0 Å². The molecular weight excluding hydrogens is 441 g/mol. The summed E-state index contributed by atoms with van der Waals surface area (Å²) in [5.74, 6) is 0.0528. The van der Waals surface area contributed by atoms with Crippen molar-refractivity contribution in [2.75, 3.05) is 45.3 Å². The van der Waals surface area contributed by atoms with E-state index in [-0.39, 0.29) is 49.1 Å². The Morgan fingerprint density at radius 1 is 1.30 bits per heavy atom. The third-order valence-electron chi connectivity index (χ3n) is 6.86. The average Bonchev–Trinajstić information content (AvgIpc) is 3.35. The molecule has 3 aliphatic rings. The molecule has 0 spiro atoms. The highest BCUT2D eigenvalue weighted by Crippen LogP contribution is 2.48. The van der Waals surface area contributed by atoms with Gasteiger partial charge in [0.05, 0.1) is 24.2 Å². The third kappa shape index (κ3) is 5.42. The van der Waals surface area contributed by atoms with E-state index >= 15 is 0 Å². The van der Waals surface area contributed by atoms with Gasteiger partial charge >= 0.3 is 6.18 Å². The van der Waals surface area contributed by atoms with Crippen molar-refractivity contribution in [3.63, 3.8) is 0 Å². The first kappa shape index (κ1) is 24.2. The van der Waals surface area contributed by atoms with Crippen LogP contribution in [-0.2, 0) is 25.2 Å². The number of hydrogen-bond acceptors (Lipinski definition) is 7. The van der Waals surface area contributed by atoms with E-state index in [1.807, 2.05) is 0 Å². The van der Waals surface area contributed by atoms with E-state index in [0.717, 1.165) is 18.9 Å². The average molecular weight is 473 g/mol. The fourth-order valence-electron chi connectivity index (χ4n) is 5.16. The van der Waals surface area contributed by atoms with Gasteiger partial charge in [-0.2, -0.15) is 13.2 Å². The summed E-state index contributed by atoms with van der Waals surface area (Å²) < 4.78 is 55.3. The number of rotatable bonds is 8. The van der Waals surface area contributed by atoms with Crippen molar-refractivity contribution in [2.45, 2.75) is 56.2 Å². The summed E-state index contributed by atoms with van der Waals surface area (Å²) in [6.45, 7) is 2.33. The highest BCUT2D eigenvalue weighted by atomic mass is 19.4. The summed E-state index contributed by atoms with van der Waals surface area (Å²) in [5, 5.41) is 9.44. The fraction of sp³-hybridized carbons (Fsp3) is 0.727. The Morgan fingerprint density at radius 3 is 2.94 bits per heavy atom. The number of pyridine rings is 1. The maximum atomic E-state index is 13.1. The van der Waals surface area contributed by atoms with Crippen LogP contribution in [0.3, 0.4) is 0 Å². The second-order valence-corrected chi connectivity index (χ2v) is 8.90. The van der Waals surface area contributed by atoms with E-state index < -0.39 is 17.3 Å². The quantitative estimate of drug-likeness (QED) is 0.498. The van der Waals surface area contributed by atoms with Gasteiger partial charge in [0.15, 0.2) is 0 Å². The molecule has 0 aromatic carbocycles. The van der Waals surface area contributed by atoms with Crippen molar-refractivity contribution in [1.29, 1.82) is 0 Å². The molecule has 0 radical (unpaired) electrons. The molecule has 184 valence electrons. The summed E-state index contributed by atoms with van der Waals surface area (Å²) in [4.78, 5) is 16.7. The molecule has 0 unspecified atom stereocenters. The Hall–Kier alpha value is -1.95. The van der Waals surface area contributed by atoms with Crippen LogP contribution in [0.1, 0.15) is 31.4 Å². The monoisotopic (exact) mass is 472 g/mol. The minimum Gasteiger partial charge on any atom is -0.379 e. The van der Waals surface area contributed by atoms with Crippen LogP contribution in [0.4, 0.5) is 19.0 Å². The molecule has 3 N–H and O–H groups in total. The lowest BCUT2D eigenvalue weighted by Crippen LogP contribution is -2.51. The zero-order valence-corrected chi connectivity index (χ0v) is 18.6. The molecular formula is C22H31F3N4O4. The summed E-state index contributed by atoms with van der Waals surface area (Å²) in [6.07, 6.45) is -1.70. The van der Waals surface area contributed by atoms with Crippen molar-refractivity contribution in [3.8, 4) is 0 Å². The van der Waals surface area contributed by atoms with Gasteiger partial charge in [-0.05, 0) is 37.8 Å². The Morgan fingerprint density at radius 2 is 2.15 bits per heavy atom. The van der Waals surface area contributed by atoms with Gasteiger partial charge in [0.25, 0.3) is 0 Å². The number of carbonyl (C=O) groups excluding carboxylic acids is 1. The number of methoxy groups -OCH3 is 1. The van der Waals surface area contributed by atoms with Crippen molar-refractivity contribution in [3.05, 3.63) is 23.9 Å². The Kier molecular flexibility index (Phi) is 7.42. The number of carbonyl (C=O) groups is 1. The first-order chi connectivity index (χ1) is 15.8. The highest BCUT2D eigenvalue weighted by Gasteiger charge is 2.56. The van der Waals surface area contributed by atoms with Crippen LogP contribution in [0.25, 0.3) is 0 Å². The smallest absolute Gasteiger partial charge is 0.379 e. The lowest BCUT2D eigenvalue weighted by Gasteiger charge is -2.33. The van der Waals surface area contributed by atoms with Crippen molar-refractivity contribution in [1.82, 2.24) is 15.6 Å². The van der Waals surface area contributed by atoms with Crippen molar-refractivity contribution >= 4 is 11.7 Å². The second kappa shape index (κ2) is 10.1. The normalized spacial score (nSPS) is 31.9. The van der Waals surface area contributed by atoms with Crippen LogP contribution in [0.2, 0.25) is 0 Å².